The summed E-state index contributed by atoms with van der Waals surface area (Å²) in [6.45, 7) is 2.32. The maximum absolute atomic E-state index is 9.21. The fourth-order valence-electron chi connectivity index (χ4n) is 1.79. The van der Waals surface area contributed by atoms with Crippen molar-refractivity contribution in [3.63, 3.8) is 0 Å². The Morgan fingerprint density at radius 3 is 2.57 bits per heavy atom. The van der Waals surface area contributed by atoms with Gasteiger partial charge in [-0.2, -0.15) is 11.8 Å². The molecule has 0 amide bonds. The van der Waals surface area contributed by atoms with Gasteiger partial charge in [-0.1, -0.05) is 12.8 Å². The molecule has 2 nitrogen and oxygen atoms in total. The van der Waals surface area contributed by atoms with E-state index in [9.17, 15) is 5.11 Å². The Kier molecular flexibility index (Phi) is 5.28. The lowest BCUT2D eigenvalue weighted by atomic mass is 10.0. The van der Waals surface area contributed by atoms with Gasteiger partial charge in [-0.3, -0.25) is 0 Å². The second kappa shape index (κ2) is 5.99. The molecule has 0 saturated heterocycles. The molecule has 0 bridgehead atoms. The van der Waals surface area contributed by atoms with Crippen LogP contribution in [0.4, 0.5) is 0 Å². The van der Waals surface area contributed by atoms with Crippen LogP contribution in [-0.4, -0.2) is 35.3 Å². The molecule has 14 heavy (non-hydrogen) atoms. The largest absolute Gasteiger partial charge is 0.394 e. The van der Waals surface area contributed by atoms with E-state index < -0.39 is 0 Å². The zero-order chi connectivity index (χ0) is 10.4. The number of thioether (sulfide) groups is 1. The van der Waals surface area contributed by atoms with Crippen molar-refractivity contribution in [1.29, 1.82) is 0 Å². The van der Waals surface area contributed by atoms with E-state index >= 15 is 0 Å². The highest BCUT2D eigenvalue weighted by Crippen LogP contribution is 2.30. The fourth-order valence-corrected chi connectivity index (χ4v) is 3.36. The highest BCUT2D eigenvalue weighted by atomic mass is 32.2. The smallest absolute Gasteiger partial charge is 0.0610 e. The van der Waals surface area contributed by atoms with Gasteiger partial charge < -0.3 is 10.4 Å². The molecule has 0 aromatic heterocycles. The SMILES string of the molecule is CNC(C)(CO)CCSC1CCCC1. The Morgan fingerprint density at radius 2 is 2.07 bits per heavy atom. The molecule has 1 aliphatic carbocycles. The van der Waals surface area contributed by atoms with Gasteiger partial charge in [0.1, 0.15) is 0 Å². The van der Waals surface area contributed by atoms with E-state index in [-0.39, 0.29) is 12.1 Å². The summed E-state index contributed by atoms with van der Waals surface area (Å²) < 4.78 is 0. The molecule has 1 atom stereocenters. The van der Waals surface area contributed by atoms with Crippen molar-refractivity contribution in [3.8, 4) is 0 Å². The van der Waals surface area contributed by atoms with Gasteiger partial charge in [0.25, 0.3) is 0 Å². The van der Waals surface area contributed by atoms with Crippen LogP contribution in [0.25, 0.3) is 0 Å². The Labute approximate surface area is 91.9 Å². The molecule has 0 aromatic rings. The van der Waals surface area contributed by atoms with E-state index in [1.54, 1.807) is 0 Å². The molecule has 0 aromatic carbocycles. The first-order valence-electron chi connectivity index (χ1n) is 5.61. The standard InChI is InChI=1S/C11H23NOS/c1-11(9-13,12-2)7-8-14-10-5-3-4-6-10/h10,12-13H,3-9H2,1-2H3. The normalized spacial score (nSPS) is 22.5. The minimum absolute atomic E-state index is 0.0778. The highest BCUT2D eigenvalue weighted by molar-refractivity contribution is 7.99. The number of likely N-dealkylation sites (N-methyl/N-ethyl adjacent to an activating group) is 1. The van der Waals surface area contributed by atoms with Crippen molar-refractivity contribution in [2.75, 3.05) is 19.4 Å². The predicted octanol–water partition coefficient (Wildman–Crippen LogP) is 2.02. The molecule has 1 aliphatic rings. The van der Waals surface area contributed by atoms with Gasteiger partial charge in [-0.05, 0) is 39.0 Å². The number of aliphatic hydroxyl groups is 1. The van der Waals surface area contributed by atoms with E-state index in [0.29, 0.717) is 0 Å². The van der Waals surface area contributed by atoms with Crippen molar-refractivity contribution in [2.24, 2.45) is 0 Å². The minimum atomic E-state index is -0.0778. The first-order chi connectivity index (χ1) is 6.70. The molecular formula is C11H23NOS. The van der Waals surface area contributed by atoms with Gasteiger partial charge in [-0.15, -0.1) is 0 Å². The zero-order valence-electron chi connectivity index (χ0n) is 9.38. The van der Waals surface area contributed by atoms with Crippen LogP contribution < -0.4 is 5.32 Å². The summed E-state index contributed by atoms with van der Waals surface area (Å²) in [5, 5.41) is 13.3. The Morgan fingerprint density at radius 1 is 1.43 bits per heavy atom. The second-order valence-electron chi connectivity index (χ2n) is 4.50. The van der Waals surface area contributed by atoms with Crippen LogP contribution >= 0.6 is 11.8 Å². The summed E-state index contributed by atoms with van der Waals surface area (Å²) in [4.78, 5) is 0. The predicted molar refractivity (Wildman–Crippen MR) is 63.9 cm³/mol. The summed E-state index contributed by atoms with van der Waals surface area (Å²) in [5.41, 5.74) is -0.0778. The molecule has 84 valence electrons. The van der Waals surface area contributed by atoms with Crippen LogP contribution in [0.3, 0.4) is 0 Å². The quantitative estimate of drug-likeness (QED) is 0.714. The molecule has 1 saturated carbocycles. The maximum atomic E-state index is 9.21. The van der Waals surface area contributed by atoms with Crippen LogP contribution in [0.15, 0.2) is 0 Å². The monoisotopic (exact) mass is 217 g/mol. The van der Waals surface area contributed by atoms with E-state index in [0.717, 1.165) is 11.7 Å². The molecule has 2 N–H and O–H groups in total. The van der Waals surface area contributed by atoms with E-state index in [4.69, 9.17) is 0 Å². The van der Waals surface area contributed by atoms with Gasteiger partial charge in [0, 0.05) is 10.8 Å². The Bertz CT molecular complexity index is 153. The molecule has 0 radical (unpaired) electrons. The lowest BCUT2D eigenvalue weighted by molar-refractivity contribution is 0.179. The second-order valence-corrected chi connectivity index (χ2v) is 5.90. The highest BCUT2D eigenvalue weighted by Gasteiger charge is 2.22. The van der Waals surface area contributed by atoms with Crippen molar-refractivity contribution in [2.45, 2.75) is 49.8 Å². The summed E-state index contributed by atoms with van der Waals surface area (Å²) in [6, 6.07) is 0. The fraction of sp³-hybridized carbons (Fsp3) is 1.00. The van der Waals surface area contributed by atoms with Crippen LogP contribution in [-0.2, 0) is 0 Å². The number of hydrogen-bond donors (Lipinski definition) is 2. The average Bonchev–Trinajstić information content (AvgIpc) is 2.70. The van der Waals surface area contributed by atoms with Gasteiger partial charge in [0.05, 0.1) is 6.61 Å². The third-order valence-corrected chi connectivity index (χ3v) is 4.64. The van der Waals surface area contributed by atoms with Crippen molar-refractivity contribution in [1.82, 2.24) is 5.32 Å². The van der Waals surface area contributed by atoms with E-state index in [1.807, 2.05) is 7.05 Å². The number of nitrogens with one attached hydrogen (secondary N) is 1. The van der Waals surface area contributed by atoms with Gasteiger partial charge in [0.2, 0.25) is 0 Å². The number of aliphatic hydroxyl groups excluding tert-OH is 1. The first kappa shape index (κ1) is 12.3. The molecular weight excluding hydrogens is 194 g/mol. The van der Waals surface area contributed by atoms with Crippen LogP contribution in [0.1, 0.15) is 39.0 Å². The first-order valence-corrected chi connectivity index (χ1v) is 6.66. The average molecular weight is 217 g/mol. The third kappa shape index (κ3) is 3.79. The minimum Gasteiger partial charge on any atom is -0.394 e. The summed E-state index contributed by atoms with van der Waals surface area (Å²) in [6.07, 6.45) is 6.70. The van der Waals surface area contributed by atoms with E-state index in [2.05, 4.69) is 24.0 Å². The summed E-state index contributed by atoms with van der Waals surface area (Å²) in [5.74, 6) is 1.17. The molecule has 1 rings (SSSR count). The van der Waals surface area contributed by atoms with Crippen LogP contribution in [0, 0.1) is 0 Å². The Balaban J connectivity index is 2.12. The van der Waals surface area contributed by atoms with Crippen LogP contribution in [0.2, 0.25) is 0 Å². The molecule has 1 fully saturated rings. The zero-order valence-corrected chi connectivity index (χ0v) is 10.2. The summed E-state index contributed by atoms with van der Waals surface area (Å²) in [7, 11) is 1.93. The maximum Gasteiger partial charge on any atom is 0.0610 e. The van der Waals surface area contributed by atoms with Gasteiger partial charge in [-0.25, -0.2) is 0 Å². The molecule has 1 unspecified atom stereocenters. The van der Waals surface area contributed by atoms with E-state index in [1.165, 1.54) is 31.4 Å². The Hall–Kier alpha value is 0.270. The molecule has 3 heteroatoms. The lowest BCUT2D eigenvalue weighted by Gasteiger charge is -2.27. The molecule has 0 spiro atoms. The van der Waals surface area contributed by atoms with Gasteiger partial charge >= 0.3 is 0 Å². The molecule has 0 aliphatic heterocycles. The number of rotatable bonds is 6. The van der Waals surface area contributed by atoms with Crippen molar-refractivity contribution in [3.05, 3.63) is 0 Å². The van der Waals surface area contributed by atoms with Crippen molar-refractivity contribution >= 4 is 11.8 Å². The topological polar surface area (TPSA) is 32.3 Å². The van der Waals surface area contributed by atoms with Crippen LogP contribution in [0.5, 0.6) is 0 Å². The van der Waals surface area contributed by atoms with Gasteiger partial charge in [0.15, 0.2) is 0 Å². The molecule has 0 heterocycles. The third-order valence-electron chi connectivity index (χ3n) is 3.26. The summed E-state index contributed by atoms with van der Waals surface area (Å²) >= 11 is 2.09. The number of hydrogen-bond acceptors (Lipinski definition) is 3. The van der Waals surface area contributed by atoms with Crippen molar-refractivity contribution < 1.29 is 5.11 Å². The lowest BCUT2D eigenvalue weighted by Crippen LogP contribution is -2.43.